The van der Waals surface area contributed by atoms with Crippen LogP contribution in [-0.2, 0) is 9.53 Å². The summed E-state index contributed by atoms with van der Waals surface area (Å²) in [7, 11) is 0. The van der Waals surface area contributed by atoms with Crippen LogP contribution in [0.25, 0.3) is 6.08 Å². The van der Waals surface area contributed by atoms with Gasteiger partial charge in [-0.3, -0.25) is 9.78 Å². The van der Waals surface area contributed by atoms with Crippen LogP contribution in [0.15, 0.2) is 30.6 Å². The van der Waals surface area contributed by atoms with Crippen LogP contribution in [0.2, 0.25) is 0 Å². The number of aromatic nitrogens is 1. The SMILES string of the molecule is CC(C)(C)OC(=O)CCC(CC=Cc1cccnc1)CCCCN. The van der Waals surface area contributed by atoms with Gasteiger partial charge in [-0.05, 0) is 64.1 Å². The van der Waals surface area contributed by atoms with Crippen molar-refractivity contribution in [1.82, 2.24) is 4.98 Å². The van der Waals surface area contributed by atoms with Gasteiger partial charge in [-0.2, -0.15) is 0 Å². The molecule has 0 radical (unpaired) electrons. The lowest BCUT2D eigenvalue weighted by Gasteiger charge is -2.21. The number of nitrogens with two attached hydrogens (primary N) is 1. The molecule has 1 heterocycles. The zero-order valence-electron chi connectivity index (χ0n) is 15.3. The lowest BCUT2D eigenvalue weighted by atomic mass is 9.93. The molecule has 0 saturated carbocycles. The van der Waals surface area contributed by atoms with Crippen molar-refractivity contribution in [1.29, 1.82) is 0 Å². The number of hydrogen-bond acceptors (Lipinski definition) is 4. The maximum absolute atomic E-state index is 11.9. The smallest absolute Gasteiger partial charge is 0.306 e. The summed E-state index contributed by atoms with van der Waals surface area (Å²) in [6.07, 6.45) is 13.4. The highest BCUT2D eigenvalue weighted by atomic mass is 16.6. The highest BCUT2D eigenvalue weighted by Gasteiger charge is 2.17. The Bertz CT molecular complexity index is 492. The van der Waals surface area contributed by atoms with E-state index in [1.807, 2.05) is 39.1 Å². The average molecular weight is 332 g/mol. The predicted molar refractivity (Wildman–Crippen MR) is 99.4 cm³/mol. The van der Waals surface area contributed by atoms with Crippen molar-refractivity contribution in [3.63, 3.8) is 0 Å². The molecule has 0 aromatic carbocycles. The molecule has 0 aliphatic rings. The Morgan fingerprint density at radius 2 is 2.12 bits per heavy atom. The molecule has 4 heteroatoms. The van der Waals surface area contributed by atoms with Crippen LogP contribution in [0.4, 0.5) is 0 Å². The zero-order chi connectivity index (χ0) is 17.8. The number of nitrogens with zero attached hydrogens (tertiary/aromatic N) is 1. The predicted octanol–water partition coefficient (Wildman–Crippen LogP) is 4.35. The lowest BCUT2D eigenvalue weighted by molar-refractivity contribution is -0.155. The van der Waals surface area contributed by atoms with Gasteiger partial charge in [-0.15, -0.1) is 0 Å². The third kappa shape index (κ3) is 10.2. The Morgan fingerprint density at radius 3 is 2.75 bits per heavy atom. The van der Waals surface area contributed by atoms with Crippen molar-refractivity contribution in [2.24, 2.45) is 11.7 Å². The Morgan fingerprint density at radius 1 is 1.33 bits per heavy atom. The zero-order valence-corrected chi connectivity index (χ0v) is 15.3. The second-order valence-corrected chi connectivity index (χ2v) is 7.20. The largest absolute Gasteiger partial charge is 0.460 e. The first-order chi connectivity index (χ1) is 11.4. The summed E-state index contributed by atoms with van der Waals surface area (Å²) in [6, 6.07) is 3.97. The fourth-order valence-electron chi connectivity index (χ4n) is 2.54. The standard InChI is InChI=1S/C20H32N2O2/c1-20(2,3)24-19(23)13-12-17(8-4-5-14-21)9-6-10-18-11-7-15-22-16-18/h6-7,10-11,15-17H,4-5,8-9,12-14,21H2,1-3H3. The van der Waals surface area contributed by atoms with E-state index in [9.17, 15) is 4.79 Å². The molecule has 0 saturated heterocycles. The molecular formula is C20H32N2O2. The van der Waals surface area contributed by atoms with Crippen molar-refractivity contribution in [3.8, 4) is 0 Å². The second-order valence-electron chi connectivity index (χ2n) is 7.20. The van der Waals surface area contributed by atoms with Crippen LogP contribution in [-0.4, -0.2) is 23.1 Å². The van der Waals surface area contributed by atoms with Crippen LogP contribution in [0, 0.1) is 5.92 Å². The molecule has 0 amide bonds. The van der Waals surface area contributed by atoms with E-state index in [1.165, 1.54) is 0 Å². The number of unbranched alkanes of at least 4 members (excludes halogenated alkanes) is 1. The molecule has 0 fully saturated rings. The van der Waals surface area contributed by atoms with Gasteiger partial charge in [0.1, 0.15) is 5.60 Å². The number of esters is 1. The van der Waals surface area contributed by atoms with Crippen molar-refractivity contribution in [3.05, 3.63) is 36.2 Å². The summed E-state index contributed by atoms with van der Waals surface area (Å²) in [5.41, 5.74) is 6.28. The molecule has 134 valence electrons. The first-order valence-corrected chi connectivity index (χ1v) is 8.89. The van der Waals surface area contributed by atoms with Gasteiger partial charge in [-0.1, -0.05) is 31.1 Å². The molecule has 0 spiro atoms. The van der Waals surface area contributed by atoms with Crippen LogP contribution in [0.5, 0.6) is 0 Å². The Balaban J connectivity index is 2.47. The number of ether oxygens (including phenoxy) is 1. The van der Waals surface area contributed by atoms with E-state index in [0.29, 0.717) is 12.3 Å². The van der Waals surface area contributed by atoms with Gasteiger partial charge < -0.3 is 10.5 Å². The molecule has 0 bridgehead atoms. The molecule has 1 unspecified atom stereocenters. The third-order valence-electron chi connectivity index (χ3n) is 3.71. The van der Waals surface area contributed by atoms with E-state index in [-0.39, 0.29) is 5.97 Å². The van der Waals surface area contributed by atoms with Gasteiger partial charge in [0.25, 0.3) is 0 Å². The molecule has 4 nitrogen and oxygen atoms in total. The molecular weight excluding hydrogens is 300 g/mol. The van der Waals surface area contributed by atoms with Crippen LogP contribution < -0.4 is 5.73 Å². The van der Waals surface area contributed by atoms with Crippen molar-refractivity contribution >= 4 is 12.0 Å². The highest BCUT2D eigenvalue weighted by molar-refractivity contribution is 5.69. The number of allylic oxidation sites excluding steroid dienone is 1. The minimum atomic E-state index is -0.410. The molecule has 0 aliphatic heterocycles. The second kappa shape index (κ2) is 11.0. The maximum Gasteiger partial charge on any atom is 0.306 e. The van der Waals surface area contributed by atoms with Gasteiger partial charge in [-0.25, -0.2) is 0 Å². The molecule has 1 atom stereocenters. The number of pyridine rings is 1. The Labute approximate surface area is 146 Å². The molecule has 1 aromatic heterocycles. The van der Waals surface area contributed by atoms with Crippen molar-refractivity contribution < 1.29 is 9.53 Å². The van der Waals surface area contributed by atoms with Crippen molar-refractivity contribution in [2.45, 2.75) is 64.9 Å². The highest BCUT2D eigenvalue weighted by Crippen LogP contribution is 2.21. The Hall–Kier alpha value is -1.68. The summed E-state index contributed by atoms with van der Waals surface area (Å²) in [4.78, 5) is 16.0. The number of carbonyl (C=O) groups is 1. The van der Waals surface area contributed by atoms with E-state index in [0.717, 1.165) is 44.2 Å². The van der Waals surface area contributed by atoms with E-state index >= 15 is 0 Å². The van der Waals surface area contributed by atoms with E-state index < -0.39 is 5.60 Å². The van der Waals surface area contributed by atoms with E-state index in [1.54, 1.807) is 6.20 Å². The summed E-state index contributed by atoms with van der Waals surface area (Å²) in [6.45, 7) is 6.44. The normalized spacial score (nSPS) is 13.2. The molecule has 1 rings (SSSR count). The lowest BCUT2D eigenvalue weighted by Crippen LogP contribution is -2.24. The van der Waals surface area contributed by atoms with Crippen LogP contribution in [0.3, 0.4) is 0 Å². The first kappa shape index (κ1) is 20.4. The number of hydrogen-bond donors (Lipinski definition) is 1. The van der Waals surface area contributed by atoms with Gasteiger partial charge in [0.15, 0.2) is 0 Å². The number of carbonyl (C=O) groups excluding carboxylic acids is 1. The van der Waals surface area contributed by atoms with Crippen LogP contribution in [0.1, 0.15) is 64.9 Å². The van der Waals surface area contributed by atoms with Crippen molar-refractivity contribution in [2.75, 3.05) is 6.54 Å². The molecule has 1 aromatic rings. The van der Waals surface area contributed by atoms with E-state index in [2.05, 4.69) is 17.1 Å². The molecule has 2 N–H and O–H groups in total. The fraction of sp³-hybridized carbons (Fsp3) is 0.600. The maximum atomic E-state index is 11.9. The summed E-state index contributed by atoms with van der Waals surface area (Å²) in [5, 5.41) is 0. The first-order valence-electron chi connectivity index (χ1n) is 8.89. The Kier molecular flexibility index (Phi) is 9.31. The summed E-state index contributed by atoms with van der Waals surface area (Å²) in [5.74, 6) is 0.375. The minimum Gasteiger partial charge on any atom is -0.460 e. The van der Waals surface area contributed by atoms with E-state index in [4.69, 9.17) is 10.5 Å². The quantitative estimate of drug-likeness (QED) is 0.511. The van der Waals surface area contributed by atoms with Gasteiger partial charge in [0, 0.05) is 18.8 Å². The van der Waals surface area contributed by atoms with Gasteiger partial charge in [0.2, 0.25) is 0 Å². The third-order valence-corrected chi connectivity index (χ3v) is 3.71. The average Bonchev–Trinajstić information content (AvgIpc) is 2.51. The summed E-state index contributed by atoms with van der Waals surface area (Å²) < 4.78 is 5.40. The topological polar surface area (TPSA) is 65.2 Å². The fourth-order valence-corrected chi connectivity index (χ4v) is 2.54. The minimum absolute atomic E-state index is 0.109. The molecule has 0 aliphatic carbocycles. The molecule has 24 heavy (non-hydrogen) atoms. The number of rotatable bonds is 10. The van der Waals surface area contributed by atoms with Crippen LogP contribution >= 0.6 is 0 Å². The van der Waals surface area contributed by atoms with Gasteiger partial charge in [0.05, 0.1) is 0 Å². The monoisotopic (exact) mass is 332 g/mol. The summed E-state index contributed by atoms with van der Waals surface area (Å²) >= 11 is 0. The van der Waals surface area contributed by atoms with Gasteiger partial charge >= 0.3 is 5.97 Å².